The number of fused-ring (bicyclic) bond motifs is 7. The van der Waals surface area contributed by atoms with Crippen molar-refractivity contribution in [2.45, 2.75) is 137 Å². The summed E-state index contributed by atoms with van der Waals surface area (Å²) in [4.78, 5) is 43.0. The van der Waals surface area contributed by atoms with Crippen LogP contribution in [0.1, 0.15) is 141 Å². The van der Waals surface area contributed by atoms with Gasteiger partial charge in [0.2, 0.25) is 5.91 Å². The standard InChI is InChI=1S/C46H65N3O4/c1-29(2)33-18-23-46(47-41(53)48-26-27-49(38(50)28-48)32-10-8-9-11-32)25-24-44(6)35(39(33)46)16-17-37-43(5)21-19-34(30-12-14-31(15-13-30)40(51)52)42(3,4)36(43)20-22-45(37,44)7/h12-15,19,32-33,35-37,39H,1,8-11,16-18,20-28H2,2-7H3,(H,47,53)(H,51,52)/t33-,35+,36-,37+,39+,43-,44+,45+,46-/m0/s1. The molecule has 1 aliphatic heterocycles. The van der Waals surface area contributed by atoms with Crippen LogP contribution in [0.25, 0.3) is 5.57 Å². The molecule has 6 aliphatic carbocycles. The number of amides is 3. The van der Waals surface area contributed by atoms with Gasteiger partial charge in [-0.05, 0) is 152 Å². The van der Waals surface area contributed by atoms with Gasteiger partial charge in [0.05, 0.1) is 5.56 Å². The normalized spacial score (nSPS) is 40.8. The highest BCUT2D eigenvalue weighted by molar-refractivity contribution is 5.88. The van der Waals surface area contributed by atoms with Crippen LogP contribution in [0.15, 0.2) is 42.5 Å². The van der Waals surface area contributed by atoms with Crippen molar-refractivity contribution >= 4 is 23.5 Å². The first kappa shape index (κ1) is 36.9. The van der Waals surface area contributed by atoms with Crippen molar-refractivity contribution < 1.29 is 19.5 Å². The monoisotopic (exact) mass is 723 g/mol. The molecule has 0 radical (unpaired) electrons. The topological polar surface area (TPSA) is 90.0 Å². The average Bonchev–Trinajstić information content (AvgIpc) is 3.78. The zero-order valence-electron chi connectivity index (χ0n) is 33.4. The summed E-state index contributed by atoms with van der Waals surface area (Å²) in [5, 5.41) is 13.2. The van der Waals surface area contributed by atoms with E-state index in [0.29, 0.717) is 54.3 Å². The number of hydrogen-bond donors (Lipinski definition) is 2. The Balaban J connectivity index is 1.05. The van der Waals surface area contributed by atoms with Gasteiger partial charge in [-0.25, -0.2) is 9.59 Å². The van der Waals surface area contributed by atoms with Gasteiger partial charge in [-0.1, -0.05) is 77.8 Å². The van der Waals surface area contributed by atoms with E-state index in [1.54, 1.807) is 12.1 Å². The number of nitrogens with one attached hydrogen (secondary N) is 1. The van der Waals surface area contributed by atoms with E-state index in [1.165, 1.54) is 49.7 Å². The van der Waals surface area contributed by atoms with E-state index in [9.17, 15) is 19.5 Å². The largest absolute Gasteiger partial charge is 0.478 e. The summed E-state index contributed by atoms with van der Waals surface area (Å²) in [6.45, 7) is 21.1. The number of aromatic carboxylic acids is 1. The Morgan fingerprint density at radius 2 is 1.57 bits per heavy atom. The highest BCUT2D eigenvalue weighted by Crippen LogP contribution is 2.76. The molecular weight excluding hydrogens is 659 g/mol. The number of carbonyl (C=O) groups is 3. The molecule has 5 saturated carbocycles. The molecular formula is C46H65N3O4. The van der Waals surface area contributed by atoms with Gasteiger partial charge in [-0.2, -0.15) is 0 Å². The van der Waals surface area contributed by atoms with E-state index in [0.717, 1.165) is 50.5 Å². The Bertz CT molecular complexity index is 1710. The van der Waals surface area contributed by atoms with Crippen molar-refractivity contribution in [3.8, 4) is 0 Å². The minimum absolute atomic E-state index is 0.0245. The Morgan fingerprint density at radius 3 is 2.23 bits per heavy atom. The van der Waals surface area contributed by atoms with Gasteiger partial charge in [0.1, 0.15) is 6.54 Å². The highest BCUT2D eigenvalue weighted by atomic mass is 16.4. The maximum Gasteiger partial charge on any atom is 0.335 e. The zero-order valence-corrected chi connectivity index (χ0v) is 33.4. The first-order valence-corrected chi connectivity index (χ1v) is 21.1. The molecule has 0 aromatic heterocycles. The molecule has 0 unspecified atom stereocenters. The smallest absolute Gasteiger partial charge is 0.335 e. The van der Waals surface area contributed by atoms with Gasteiger partial charge >= 0.3 is 12.0 Å². The van der Waals surface area contributed by atoms with Crippen molar-refractivity contribution in [2.75, 3.05) is 19.6 Å². The quantitative estimate of drug-likeness (QED) is 0.296. The second-order valence-corrected chi connectivity index (χ2v) is 20.1. The molecule has 6 fully saturated rings. The molecule has 53 heavy (non-hydrogen) atoms. The number of benzene rings is 1. The number of rotatable bonds is 5. The molecule has 1 aromatic rings. The summed E-state index contributed by atoms with van der Waals surface area (Å²) in [5.41, 5.74) is 4.38. The summed E-state index contributed by atoms with van der Waals surface area (Å²) >= 11 is 0. The van der Waals surface area contributed by atoms with Crippen LogP contribution in [-0.2, 0) is 4.79 Å². The van der Waals surface area contributed by atoms with Crippen molar-refractivity contribution in [3.05, 3.63) is 53.6 Å². The molecule has 1 aromatic carbocycles. The molecule has 288 valence electrons. The van der Waals surface area contributed by atoms with Crippen LogP contribution in [0.5, 0.6) is 0 Å². The minimum Gasteiger partial charge on any atom is -0.478 e. The van der Waals surface area contributed by atoms with Gasteiger partial charge in [0, 0.05) is 24.7 Å². The predicted molar refractivity (Wildman–Crippen MR) is 210 cm³/mol. The first-order chi connectivity index (χ1) is 25.1. The number of hydrogen-bond acceptors (Lipinski definition) is 3. The molecule has 0 spiro atoms. The fourth-order valence-electron chi connectivity index (χ4n) is 15.0. The van der Waals surface area contributed by atoms with Gasteiger partial charge in [0.15, 0.2) is 0 Å². The molecule has 1 saturated heterocycles. The van der Waals surface area contributed by atoms with E-state index in [1.807, 2.05) is 17.0 Å². The van der Waals surface area contributed by atoms with Crippen LogP contribution in [0.4, 0.5) is 4.79 Å². The molecule has 3 amide bonds. The number of piperazine rings is 1. The molecule has 7 heteroatoms. The second-order valence-electron chi connectivity index (χ2n) is 20.1. The number of nitrogens with zero attached hydrogens (tertiary/aromatic N) is 2. The third kappa shape index (κ3) is 5.42. The fraction of sp³-hybridized carbons (Fsp3) is 0.717. The lowest BCUT2D eigenvalue weighted by Crippen LogP contribution is -2.69. The van der Waals surface area contributed by atoms with Gasteiger partial charge < -0.3 is 20.2 Å². The predicted octanol–water partition coefficient (Wildman–Crippen LogP) is 9.58. The first-order valence-electron chi connectivity index (χ1n) is 21.1. The fourth-order valence-corrected chi connectivity index (χ4v) is 15.0. The molecule has 1 heterocycles. The Kier molecular flexibility index (Phi) is 8.85. The molecule has 7 nitrogen and oxygen atoms in total. The number of carboxylic acid groups (broad SMARTS) is 1. The number of allylic oxidation sites excluding steroid dienone is 3. The lowest BCUT2D eigenvalue weighted by molar-refractivity contribution is -0.218. The van der Waals surface area contributed by atoms with E-state index >= 15 is 0 Å². The lowest BCUT2D eigenvalue weighted by atomic mass is 9.33. The maximum absolute atomic E-state index is 14.2. The van der Waals surface area contributed by atoms with Crippen molar-refractivity contribution in [1.82, 2.24) is 15.1 Å². The summed E-state index contributed by atoms with van der Waals surface area (Å²) in [7, 11) is 0. The van der Waals surface area contributed by atoms with Crippen LogP contribution in [0.3, 0.4) is 0 Å². The van der Waals surface area contributed by atoms with Crippen molar-refractivity contribution in [2.24, 2.45) is 51.2 Å². The van der Waals surface area contributed by atoms with Crippen molar-refractivity contribution in [1.29, 1.82) is 0 Å². The SMILES string of the molecule is C=C(C)[C@@H]1CC[C@]2(NC(=O)N3CCN(C4CCCC4)C(=O)C3)CC[C@]3(C)[C@H](CC[C@@H]4[C@@]5(C)CC=C(c6ccc(C(=O)O)cc6)C(C)(C)[C@@H]5CC[C@]43C)[C@@H]12. The summed E-state index contributed by atoms with van der Waals surface area (Å²) in [5.74, 6) is 1.67. The van der Waals surface area contributed by atoms with Gasteiger partial charge in [-0.3, -0.25) is 4.79 Å². The highest BCUT2D eigenvalue weighted by Gasteiger charge is 2.70. The third-order valence-corrected chi connectivity index (χ3v) is 17.8. The summed E-state index contributed by atoms with van der Waals surface area (Å²) in [6, 6.07) is 7.87. The average molecular weight is 724 g/mol. The summed E-state index contributed by atoms with van der Waals surface area (Å²) in [6.07, 6.45) is 17.2. The van der Waals surface area contributed by atoms with E-state index in [2.05, 4.69) is 64.4 Å². The van der Waals surface area contributed by atoms with E-state index in [-0.39, 0.29) is 45.7 Å². The number of carbonyl (C=O) groups excluding carboxylic acids is 2. The minimum atomic E-state index is -0.879. The Morgan fingerprint density at radius 1 is 0.849 bits per heavy atom. The lowest BCUT2D eigenvalue weighted by Gasteiger charge is -2.72. The third-order valence-electron chi connectivity index (χ3n) is 17.8. The number of urea groups is 1. The van der Waals surface area contributed by atoms with Crippen LogP contribution < -0.4 is 5.32 Å². The maximum atomic E-state index is 14.2. The van der Waals surface area contributed by atoms with E-state index in [4.69, 9.17) is 0 Å². The van der Waals surface area contributed by atoms with E-state index < -0.39 is 5.97 Å². The van der Waals surface area contributed by atoms with Crippen molar-refractivity contribution in [3.63, 3.8) is 0 Å². The van der Waals surface area contributed by atoms with Crippen LogP contribution in [0, 0.1) is 51.2 Å². The Hall–Kier alpha value is -3.09. The van der Waals surface area contributed by atoms with Gasteiger partial charge in [-0.15, -0.1) is 0 Å². The summed E-state index contributed by atoms with van der Waals surface area (Å²) < 4.78 is 0. The molecule has 7 aliphatic rings. The van der Waals surface area contributed by atoms with Crippen LogP contribution in [-0.4, -0.2) is 64.0 Å². The molecule has 2 N–H and O–H groups in total. The molecule has 9 atom stereocenters. The molecule has 0 bridgehead atoms. The zero-order chi connectivity index (χ0) is 37.7. The second kappa shape index (κ2) is 12.7. The van der Waals surface area contributed by atoms with Crippen LogP contribution >= 0.6 is 0 Å². The van der Waals surface area contributed by atoms with Gasteiger partial charge in [0.25, 0.3) is 0 Å². The number of carboxylic acids is 1. The Labute approximate surface area is 318 Å². The molecule has 8 rings (SSSR count). The van der Waals surface area contributed by atoms with Crippen LogP contribution in [0.2, 0.25) is 0 Å².